The number of hydrogen-bond donors (Lipinski definition) is 0. The van der Waals surface area contributed by atoms with Crippen molar-refractivity contribution in [2.24, 2.45) is 0 Å². The minimum Gasteiger partial charge on any atom is -0.298 e. The Morgan fingerprint density at radius 1 is 1.38 bits per heavy atom. The zero-order valence-electron chi connectivity index (χ0n) is 7.00. The molecule has 0 bridgehead atoms. The number of hydrogen-bond acceptors (Lipinski definition) is 2. The van der Waals surface area contributed by atoms with E-state index < -0.39 is 0 Å². The molecule has 13 heavy (non-hydrogen) atoms. The van der Waals surface area contributed by atoms with Gasteiger partial charge in [0.05, 0.1) is 5.25 Å². The Morgan fingerprint density at radius 3 is 2.69 bits per heavy atom. The first-order valence-corrected chi connectivity index (χ1v) is 5.88. The number of ketones is 1. The van der Waals surface area contributed by atoms with E-state index in [9.17, 15) is 4.79 Å². The maximum Gasteiger partial charge on any atom is 0.146 e. The van der Waals surface area contributed by atoms with E-state index in [1.165, 1.54) is 4.90 Å². The van der Waals surface area contributed by atoms with Gasteiger partial charge < -0.3 is 0 Å². The van der Waals surface area contributed by atoms with Crippen LogP contribution < -0.4 is 0 Å². The Bertz CT molecular complexity index is 337. The molecule has 0 N–H and O–H groups in total. The molecule has 1 atom stereocenters. The molecule has 1 nitrogen and oxygen atoms in total. The summed E-state index contributed by atoms with van der Waals surface area (Å²) in [5.41, 5.74) is 0. The molecule has 1 fully saturated rings. The van der Waals surface area contributed by atoms with E-state index in [1.54, 1.807) is 11.8 Å². The summed E-state index contributed by atoms with van der Waals surface area (Å²) in [5.74, 6) is 0.390. The predicted octanol–water partition coefficient (Wildman–Crippen LogP) is 3.27. The fourth-order valence-electron chi connectivity index (χ4n) is 1.20. The number of halogens is 1. The average molecular weight is 257 g/mol. The van der Waals surface area contributed by atoms with Crippen molar-refractivity contribution in [3.05, 3.63) is 28.7 Å². The van der Waals surface area contributed by atoms with E-state index in [-0.39, 0.29) is 5.25 Å². The molecule has 0 radical (unpaired) electrons. The fourth-order valence-corrected chi connectivity index (χ4v) is 2.89. The van der Waals surface area contributed by atoms with Crippen molar-refractivity contribution < 1.29 is 4.79 Å². The Labute approximate surface area is 90.0 Å². The number of carbonyl (C=O) groups excluding carboxylic acids is 1. The standard InChI is InChI=1S/C10H9BrOS/c11-7-3-1-2-4-9(7)13-10-6-5-8(10)12/h1-4,10H,5-6H2/t10-/m0/s1. The molecule has 0 aliphatic heterocycles. The zero-order valence-corrected chi connectivity index (χ0v) is 9.40. The molecule has 0 unspecified atom stereocenters. The SMILES string of the molecule is O=C1CC[C@@H]1Sc1ccccc1Br. The van der Waals surface area contributed by atoms with Crippen LogP contribution in [0.25, 0.3) is 0 Å². The molecule has 2 rings (SSSR count). The lowest BCUT2D eigenvalue weighted by Crippen LogP contribution is -2.28. The number of Topliss-reactive ketones (excluding diaryl/α,β-unsaturated/α-hetero) is 1. The summed E-state index contributed by atoms with van der Waals surface area (Å²) in [4.78, 5) is 12.3. The highest BCUT2D eigenvalue weighted by Crippen LogP contribution is 2.37. The van der Waals surface area contributed by atoms with E-state index in [2.05, 4.69) is 15.9 Å². The monoisotopic (exact) mass is 256 g/mol. The first kappa shape index (κ1) is 9.28. The van der Waals surface area contributed by atoms with Crippen LogP contribution >= 0.6 is 27.7 Å². The lowest BCUT2D eigenvalue weighted by molar-refractivity contribution is -0.122. The van der Waals surface area contributed by atoms with Gasteiger partial charge in [-0.2, -0.15) is 0 Å². The lowest BCUT2D eigenvalue weighted by atomic mass is 9.98. The summed E-state index contributed by atoms with van der Waals surface area (Å²) in [5, 5.41) is 0.207. The highest BCUT2D eigenvalue weighted by atomic mass is 79.9. The number of rotatable bonds is 2. The van der Waals surface area contributed by atoms with Gasteiger partial charge >= 0.3 is 0 Å². The fraction of sp³-hybridized carbons (Fsp3) is 0.300. The van der Waals surface area contributed by atoms with Gasteiger partial charge in [0.1, 0.15) is 5.78 Å². The van der Waals surface area contributed by atoms with Gasteiger partial charge in [-0.25, -0.2) is 0 Å². The summed E-state index contributed by atoms with van der Waals surface area (Å²) < 4.78 is 1.08. The van der Waals surface area contributed by atoms with Crippen molar-refractivity contribution in [3.8, 4) is 0 Å². The maximum atomic E-state index is 11.1. The normalized spacial score (nSPS) is 21.3. The van der Waals surface area contributed by atoms with Crippen LogP contribution in [0.4, 0.5) is 0 Å². The highest BCUT2D eigenvalue weighted by molar-refractivity contribution is 9.10. The first-order valence-electron chi connectivity index (χ1n) is 4.21. The third kappa shape index (κ3) is 1.97. The number of carbonyl (C=O) groups is 1. The summed E-state index contributed by atoms with van der Waals surface area (Å²) in [6, 6.07) is 8.03. The van der Waals surface area contributed by atoms with Gasteiger partial charge in [-0.15, -0.1) is 11.8 Å². The third-order valence-electron chi connectivity index (χ3n) is 2.12. The molecular weight excluding hydrogens is 248 g/mol. The van der Waals surface area contributed by atoms with Crippen molar-refractivity contribution >= 4 is 33.5 Å². The van der Waals surface area contributed by atoms with Gasteiger partial charge in [-0.05, 0) is 34.5 Å². The number of benzene rings is 1. The maximum absolute atomic E-state index is 11.1. The van der Waals surface area contributed by atoms with Gasteiger partial charge in [0.25, 0.3) is 0 Å². The Kier molecular flexibility index (Phi) is 2.74. The highest BCUT2D eigenvalue weighted by Gasteiger charge is 2.29. The van der Waals surface area contributed by atoms with Crippen molar-refractivity contribution in [1.82, 2.24) is 0 Å². The molecule has 0 heterocycles. The second kappa shape index (κ2) is 3.84. The van der Waals surface area contributed by atoms with Crippen molar-refractivity contribution in [1.29, 1.82) is 0 Å². The predicted molar refractivity (Wildman–Crippen MR) is 58.0 cm³/mol. The summed E-state index contributed by atoms with van der Waals surface area (Å²) in [7, 11) is 0. The minimum absolute atomic E-state index is 0.207. The molecule has 1 aromatic rings. The molecule has 68 valence electrons. The van der Waals surface area contributed by atoms with Crippen LogP contribution in [0.5, 0.6) is 0 Å². The molecule has 3 heteroatoms. The van der Waals surface area contributed by atoms with Gasteiger partial charge in [0.15, 0.2) is 0 Å². The zero-order chi connectivity index (χ0) is 9.26. The summed E-state index contributed by atoms with van der Waals surface area (Å²) >= 11 is 5.13. The minimum atomic E-state index is 0.207. The van der Waals surface area contributed by atoms with Crippen LogP contribution in [-0.2, 0) is 4.79 Å². The van der Waals surface area contributed by atoms with Gasteiger partial charge in [-0.1, -0.05) is 12.1 Å². The van der Waals surface area contributed by atoms with Crippen LogP contribution in [0, 0.1) is 0 Å². The van der Waals surface area contributed by atoms with Crippen LogP contribution in [-0.4, -0.2) is 11.0 Å². The van der Waals surface area contributed by atoms with Crippen LogP contribution in [0.1, 0.15) is 12.8 Å². The smallest absolute Gasteiger partial charge is 0.146 e. The number of thioether (sulfide) groups is 1. The molecule has 0 aromatic heterocycles. The Morgan fingerprint density at radius 2 is 2.15 bits per heavy atom. The Hall–Kier alpha value is -0.280. The molecule has 0 saturated heterocycles. The van der Waals surface area contributed by atoms with Gasteiger partial charge in [-0.3, -0.25) is 4.79 Å². The second-order valence-electron chi connectivity index (χ2n) is 3.04. The largest absolute Gasteiger partial charge is 0.298 e. The Balaban J connectivity index is 2.09. The molecular formula is C10H9BrOS. The molecule has 1 aliphatic rings. The molecule has 0 spiro atoms. The van der Waals surface area contributed by atoms with Crippen LogP contribution in [0.15, 0.2) is 33.6 Å². The van der Waals surface area contributed by atoms with Crippen molar-refractivity contribution in [2.45, 2.75) is 23.0 Å². The molecule has 1 aromatic carbocycles. The van der Waals surface area contributed by atoms with Gasteiger partial charge in [0.2, 0.25) is 0 Å². The van der Waals surface area contributed by atoms with Crippen LogP contribution in [0.2, 0.25) is 0 Å². The van der Waals surface area contributed by atoms with E-state index in [1.807, 2.05) is 24.3 Å². The lowest BCUT2D eigenvalue weighted by Gasteiger charge is -2.23. The first-order chi connectivity index (χ1) is 6.27. The van der Waals surface area contributed by atoms with Gasteiger partial charge in [0, 0.05) is 15.8 Å². The molecule has 1 saturated carbocycles. The second-order valence-corrected chi connectivity index (χ2v) is 5.14. The topological polar surface area (TPSA) is 17.1 Å². The molecule has 1 aliphatic carbocycles. The average Bonchev–Trinajstić information content (AvgIpc) is 2.14. The van der Waals surface area contributed by atoms with Crippen molar-refractivity contribution in [3.63, 3.8) is 0 Å². The quantitative estimate of drug-likeness (QED) is 0.808. The van der Waals surface area contributed by atoms with E-state index in [4.69, 9.17) is 0 Å². The van der Waals surface area contributed by atoms with E-state index >= 15 is 0 Å². The summed E-state index contributed by atoms with van der Waals surface area (Å²) in [6.45, 7) is 0. The van der Waals surface area contributed by atoms with Crippen LogP contribution in [0.3, 0.4) is 0 Å². The third-order valence-corrected chi connectivity index (χ3v) is 4.46. The van der Waals surface area contributed by atoms with E-state index in [0.29, 0.717) is 5.78 Å². The van der Waals surface area contributed by atoms with Crippen molar-refractivity contribution in [2.75, 3.05) is 0 Å². The molecule has 0 amide bonds. The van der Waals surface area contributed by atoms with E-state index in [0.717, 1.165) is 17.3 Å². The summed E-state index contributed by atoms with van der Waals surface area (Å²) in [6.07, 6.45) is 1.80.